The van der Waals surface area contributed by atoms with Gasteiger partial charge in [0.15, 0.2) is 0 Å². The number of carbonyl (C=O) groups excluding carboxylic acids is 2. The van der Waals surface area contributed by atoms with Gasteiger partial charge in [0.2, 0.25) is 0 Å². The quantitative estimate of drug-likeness (QED) is 0.815. The number of likely N-dealkylation sites (tertiary alicyclic amines) is 1. The van der Waals surface area contributed by atoms with Crippen molar-refractivity contribution in [1.82, 2.24) is 10.2 Å². The van der Waals surface area contributed by atoms with Crippen molar-refractivity contribution in [2.75, 3.05) is 13.1 Å². The van der Waals surface area contributed by atoms with Gasteiger partial charge in [0, 0.05) is 6.54 Å². The summed E-state index contributed by atoms with van der Waals surface area (Å²) in [6, 6.07) is 9.42. The molecule has 2 saturated heterocycles. The van der Waals surface area contributed by atoms with Crippen LogP contribution in [0.3, 0.4) is 0 Å². The van der Waals surface area contributed by atoms with Crippen molar-refractivity contribution in [3.8, 4) is 0 Å². The van der Waals surface area contributed by atoms with E-state index in [-0.39, 0.29) is 30.9 Å². The van der Waals surface area contributed by atoms with Gasteiger partial charge in [-0.3, -0.25) is 4.90 Å². The Morgan fingerprint density at radius 1 is 1.27 bits per heavy atom. The topological polar surface area (TPSA) is 80.4 Å². The van der Waals surface area contributed by atoms with Crippen LogP contribution in [0.4, 0.5) is 9.59 Å². The molecule has 2 aliphatic rings. The van der Waals surface area contributed by atoms with Crippen molar-refractivity contribution in [3.63, 3.8) is 0 Å². The van der Waals surface area contributed by atoms with Gasteiger partial charge in [-0.25, -0.2) is 9.59 Å². The molecule has 2 heterocycles. The van der Waals surface area contributed by atoms with Crippen LogP contribution in [0.2, 0.25) is 0 Å². The van der Waals surface area contributed by atoms with E-state index in [1.165, 1.54) is 0 Å². The average Bonchev–Trinajstić information content (AvgIpc) is 3.26. The summed E-state index contributed by atoms with van der Waals surface area (Å²) in [6.45, 7) is 6.72. The maximum absolute atomic E-state index is 12.3. The first-order valence-corrected chi connectivity index (χ1v) is 8.93. The predicted molar refractivity (Wildman–Crippen MR) is 94.6 cm³/mol. The Labute approximate surface area is 153 Å². The predicted octanol–water partition coefficient (Wildman–Crippen LogP) is 2.69. The maximum Gasteiger partial charge on any atom is 0.410 e. The SMILES string of the molecule is CC(C)(C)OC(=O)N1CC2OC2C1CCNC(=O)OCc1ccccc1. The molecule has 1 aromatic rings. The Morgan fingerprint density at radius 3 is 2.69 bits per heavy atom. The van der Waals surface area contributed by atoms with Crippen molar-refractivity contribution in [2.45, 2.75) is 57.6 Å². The minimum atomic E-state index is -0.533. The Hall–Kier alpha value is -2.28. The minimum Gasteiger partial charge on any atom is -0.445 e. The van der Waals surface area contributed by atoms with Crippen LogP contribution in [0.25, 0.3) is 0 Å². The molecule has 2 aliphatic heterocycles. The largest absolute Gasteiger partial charge is 0.445 e. The highest BCUT2D eigenvalue weighted by Crippen LogP contribution is 2.38. The van der Waals surface area contributed by atoms with Crippen LogP contribution in [0.15, 0.2) is 30.3 Å². The highest BCUT2D eigenvalue weighted by atomic mass is 16.6. The van der Waals surface area contributed by atoms with Gasteiger partial charge in [0.05, 0.1) is 12.6 Å². The van der Waals surface area contributed by atoms with Gasteiger partial charge in [-0.1, -0.05) is 30.3 Å². The van der Waals surface area contributed by atoms with Gasteiger partial charge in [-0.2, -0.15) is 0 Å². The molecular weight excluding hydrogens is 336 g/mol. The van der Waals surface area contributed by atoms with Crippen molar-refractivity contribution in [3.05, 3.63) is 35.9 Å². The fourth-order valence-corrected chi connectivity index (χ4v) is 3.10. The van der Waals surface area contributed by atoms with Crippen LogP contribution in [0.5, 0.6) is 0 Å². The van der Waals surface area contributed by atoms with E-state index in [4.69, 9.17) is 14.2 Å². The summed E-state index contributed by atoms with van der Waals surface area (Å²) >= 11 is 0. The Kier molecular flexibility index (Phi) is 5.36. The van der Waals surface area contributed by atoms with E-state index < -0.39 is 11.7 Å². The van der Waals surface area contributed by atoms with E-state index in [0.29, 0.717) is 19.5 Å². The first-order chi connectivity index (χ1) is 12.3. The molecule has 0 saturated carbocycles. The smallest absolute Gasteiger partial charge is 0.410 e. The maximum atomic E-state index is 12.3. The number of rotatable bonds is 5. The van der Waals surface area contributed by atoms with Crippen molar-refractivity contribution in [2.24, 2.45) is 0 Å². The molecule has 0 radical (unpaired) electrons. The second kappa shape index (κ2) is 7.53. The molecule has 0 spiro atoms. The molecule has 7 nitrogen and oxygen atoms in total. The third-order valence-electron chi connectivity index (χ3n) is 4.33. The Balaban J connectivity index is 1.41. The summed E-state index contributed by atoms with van der Waals surface area (Å²) < 4.78 is 16.2. The summed E-state index contributed by atoms with van der Waals surface area (Å²) in [6.07, 6.45) is -0.0583. The third-order valence-corrected chi connectivity index (χ3v) is 4.33. The second-order valence-electron chi connectivity index (χ2n) is 7.62. The summed E-state index contributed by atoms with van der Waals surface area (Å²) in [7, 11) is 0. The van der Waals surface area contributed by atoms with Crippen LogP contribution in [-0.4, -0.2) is 54.0 Å². The third kappa shape index (κ3) is 4.88. The number of carbonyl (C=O) groups is 2. The summed E-state index contributed by atoms with van der Waals surface area (Å²) in [4.78, 5) is 25.9. The summed E-state index contributed by atoms with van der Waals surface area (Å²) in [5, 5.41) is 2.73. The monoisotopic (exact) mass is 362 g/mol. The van der Waals surface area contributed by atoms with Crippen LogP contribution < -0.4 is 5.32 Å². The summed E-state index contributed by atoms with van der Waals surface area (Å²) in [5.74, 6) is 0. The van der Waals surface area contributed by atoms with Crippen molar-refractivity contribution < 1.29 is 23.8 Å². The van der Waals surface area contributed by atoms with Gasteiger partial charge in [-0.05, 0) is 32.8 Å². The van der Waals surface area contributed by atoms with Crippen LogP contribution >= 0.6 is 0 Å². The molecule has 26 heavy (non-hydrogen) atoms. The zero-order chi connectivity index (χ0) is 18.7. The number of benzene rings is 1. The number of epoxide rings is 1. The van der Waals surface area contributed by atoms with Gasteiger partial charge in [-0.15, -0.1) is 0 Å². The number of ether oxygens (including phenoxy) is 3. The van der Waals surface area contributed by atoms with Gasteiger partial charge >= 0.3 is 12.2 Å². The molecule has 3 atom stereocenters. The molecule has 0 bridgehead atoms. The van der Waals surface area contributed by atoms with Crippen LogP contribution in [0.1, 0.15) is 32.8 Å². The molecule has 1 aromatic carbocycles. The lowest BCUT2D eigenvalue weighted by molar-refractivity contribution is 0.0115. The Morgan fingerprint density at radius 2 is 2.00 bits per heavy atom. The lowest BCUT2D eigenvalue weighted by Gasteiger charge is -2.30. The van der Waals surface area contributed by atoms with E-state index in [1.807, 2.05) is 51.1 Å². The van der Waals surface area contributed by atoms with Crippen LogP contribution in [0, 0.1) is 0 Å². The highest BCUT2D eigenvalue weighted by molar-refractivity contribution is 5.70. The van der Waals surface area contributed by atoms with Crippen LogP contribution in [-0.2, 0) is 20.8 Å². The summed E-state index contributed by atoms with van der Waals surface area (Å²) in [5.41, 5.74) is 0.401. The van der Waals surface area contributed by atoms with Gasteiger partial charge in [0.25, 0.3) is 0 Å². The molecule has 3 rings (SSSR count). The number of hydrogen-bond donors (Lipinski definition) is 1. The molecule has 1 N–H and O–H groups in total. The molecule has 7 heteroatoms. The normalized spacial score (nSPS) is 24.0. The molecule has 2 amide bonds. The standard InChI is InChI=1S/C19H26N2O5/c1-19(2,3)26-18(23)21-11-15-16(25-15)14(21)9-10-20-17(22)24-12-13-7-5-4-6-8-13/h4-8,14-16H,9-12H2,1-3H3,(H,20,22). The lowest BCUT2D eigenvalue weighted by atomic mass is 10.1. The minimum absolute atomic E-state index is 0.0460. The molecule has 3 unspecified atom stereocenters. The molecular formula is C19H26N2O5. The van der Waals surface area contributed by atoms with E-state index in [1.54, 1.807) is 4.90 Å². The number of fused-ring (bicyclic) bond motifs is 1. The highest BCUT2D eigenvalue weighted by Gasteiger charge is 2.56. The lowest BCUT2D eigenvalue weighted by Crippen LogP contribution is -2.44. The fraction of sp³-hybridized carbons (Fsp3) is 0.579. The average molecular weight is 362 g/mol. The molecule has 142 valence electrons. The molecule has 0 aliphatic carbocycles. The van der Waals surface area contributed by atoms with Gasteiger partial charge < -0.3 is 19.5 Å². The number of hydrogen-bond acceptors (Lipinski definition) is 5. The van der Waals surface area contributed by atoms with Crippen molar-refractivity contribution >= 4 is 12.2 Å². The first-order valence-electron chi connectivity index (χ1n) is 8.93. The van der Waals surface area contributed by atoms with E-state index in [0.717, 1.165) is 5.56 Å². The van der Waals surface area contributed by atoms with E-state index in [2.05, 4.69) is 5.32 Å². The Bertz CT molecular complexity index is 643. The number of alkyl carbamates (subject to hydrolysis) is 1. The van der Waals surface area contributed by atoms with Crippen molar-refractivity contribution in [1.29, 1.82) is 0 Å². The second-order valence-corrected chi connectivity index (χ2v) is 7.62. The molecule has 2 fully saturated rings. The van der Waals surface area contributed by atoms with Gasteiger partial charge in [0.1, 0.15) is 24.4 Å². The number of amides is 2. The number of morpholine rings is 1. The zero-order valence-electron chi connectivity index (χ0n) is 15.4. The zero-order valence-corrected chi connectivity index (χ0v) is 15.4. The number of nitrogens with zero attached hydrogens (tertiary/aromatic N) is 1. The van der Waals surface area contributed by atoms with E-state index in [9.17, 15) is 9.59 Å². The molecule has 0 aromatic heterocycles. The van der Waals surface area contributed by atoms with E-state index >= 15 is 0 Å². The number of nitrogens with one attached hydrogen (secondary N) is 1. The fourth-order valence-electron chi connectivity index (χ4n) is 3.10. The first kappa shape index (κ1) is 18.5.